The molecule has 172 valence electrons. The van der Waals surface area contributed by atoms with E-state index in [1.165, 1.54) is 6.07 Å². The van der Waals surface area contributed by atoms with Crippen LogP contribution in [0.15, 0.2) is 36.4 Å². The summed E-state index contributed by atoms with van der Waals surface area (Å²) < 4.78 is 27.6. The van der Waals surface area contributed by atoms with Crippen LogP contribution in [0.1, 0.15) is 34.3 Å². The molecule has 9 heteroatoms. The summed E-state index contributed by atoms with van der Waals surface area (Å²) in [5.74, 6) is -2.55. The van der Waals surface area contributed by atoms with Gasteiger partial charge in [0.05, 0.1) is 5.69 Å². The molecule has 0 radical (unpaired) electrons. The van der Waals surface area contributed by atoms with Gasteiger partial charge in [0.25, 0.3) is 5.91 Å². The van der Waals surface area contributed by atoms with Gasteiger partial charge in [-0.1, -0.05) is 18.2 Å². The minimum absolute atomic E-state index is 0.184. The number of benzene rings is 2. The fraction of sp³-hybridized carbons (Fsp3) is 0.375. The summed E-state index contributed by atoms with van der Waals surface area (Å²) in [7, 11) is 0. The van der Waals surface area contributed by atoms with Gasteiger partial charge in [-0.05, 0) is 35.7 Å². The largest absolute Gasteiger partial charge is 0.367 e. The average molecular weight is 454 g/mol. The predicted octanol–water partition coefficient (Wildman–Crippen LogP) is 2.05. The van der Waals surface area contributed by atoms with Gasteiger partial charge in [0.2, 0.25) is 11.8 Å². The highest BCUT2D eigenvalue weighted by Crippen LogP contribution is 2.29. The average Bonchev–Trinajstić information content (AvgIpc) is 3.12. The number of imide groups is 1. The van der Waals surface area contributed by atoms with Crippen molar-refractivity contribution in [2.45, 2.75) is 32.0 Å². The zero-order valence-corrected chi connectivity index (χ0v) is 18.0. The van der Waals surface area contributed by atoms with Gasteiger partial charge in [-0.3, -0.25) is 24.6 Å². The molecule has 2 aromatic rings. The third-order valence-corrected chi connectivity index (χ3v) is 6.64. The van der Waals surface area contributed by atoms with Crippen molar-refractivity contribution in [3.05, 3.63) is 64.7 Å². The van der Waals surface area contributed by atoms with E-state index >= 15 is 0 Å². The molecule has 2 aromatic carbocycles. The molecule has 2 saturated heterocycles. The van der Waals surface area contributed by atoms with Crippen molar-refractivity contribution < 1.29 is 23.2 Å². The highest BCUT2D eigenvalue weighted by Gasteiger charge is 2.39. The number of halogens is 2. The fourth-order valence-electron chi connectivity index (χ4n) is 4.87. The Morgan fingerprint density at radius 1 is 1.00 bits per heavy atom. The van der Waals surface area contributed by atoms with Crippen LogP contribution < -0.4 is 10.2 Å². The van der Waals surface area contributed by atoms with Crippen LogP contribution in [0.5, 0.6) is 0 Å². The monoisotopic (exact) mass is 454 g/mol. The summed E-state index contributed by atoms with van der Waals surface area (Å²) in [5, 5.41) is 2.31. The molecule has 3 amide bonds. The minimum Gasteiger partial charge on any atom is -0.367 e. The van der Waals surface area contributed by atoms with Crippen molar-refractivity contribution in [1.82, 2.24) is 15.1 Å². The fourth-order valence-corrected chi connectivity index (χ4v) is 4.87. The highest BCUT2D eigenvalue weighted by atomic mass is 19.2. The van der Waals surface area contributed by atoms with Crippen molar-refractivity contribution in [2.75, 3.05) is 31.1 Å². The van der Waals surface area contributed by atoms with E-state index in [-0.39, 0.29) is 18.2 Å². The number of rotatable bonds is 4. The maximum absolute atomic E-state index is 14.1. The third-order valence-electron chi connectivity index (χ3n) is 6.64. The molecule has 3 aliphatic rings. The summed E-state index contributed by atoms with van der Waals surface area (Å²) in [6, 6.07) is 9.33. The Labute approximate surface area is 189 Å². The van der Waals surface area contributed by atoms with E-state index in [2.05, 4.69) is 10.2 Å². The molecule has 1 N–H and O–H groups in total. The van der Waals surface area contributed by atoms with Crippen LogP contribution in [-0.4, -0.2) is 59.7 Å². The number of amides is 3. The van der Waals surface area contributed by atoms with E-state index in [0.29, 0.717) is 56.9 Å². The molecule has 0 aliphatic carbocycles. The van der Waals surface area contributed by atoms with Gasteiger partial charge in [-0.2, -0.15) is 0 Å². The zero-order valence-electron chi connectivity index (χ0n) is 18.0. The van der Waals surface area contributed by atoms with Crippen LogP contribution in [0.25, 0.3) is 0 Å². The molecule has 33 heavy (non-hydrogen) atoms. The Kier molecular flexibility index (Phi) is 5.57. The van der Waals surface area contributed by atoms with Gasteiger partial charge < -0.3 is 9.80 Å². The predicted molar refractivity (Wildman–Crippen MR) is 116 cm³/mol. The molecule has 2 fully saturated rings. The molecule has 1 atom stereocenters. The van der Waals surface area contributed by atoms with Gasteiger partial charge in [0.15, 0.2) is 11.6 Å². The van der Waals surface area contributed by atoms with Crippen molar-refractivity contribution in [1.29, 1.82) is 0 Å². The van der Waals surface area contributed by atoms with E-state index < -0.39 is 23.6 Å². The van der Waals surface area contributed by atoms with Gasteiger partial charge in [0.1, 0.15) is 6.04 Å². The van der Waals surface area contributed by atoms with E-state index in [1.54, 1.807) is 17.0 Å². The lowest BCUT2D eigenvalue weighted by molar-refractivity contribution is -0.136. The van der Waals surface area contributed by atoms with Gasteiger partial charge in [-0.25, -0.2) is 8.78 Å². The molecule has 5 rings (SSSR count). The molecule has 3 heterocycles. The van der Waals surface area contributed by atoms with Gasteiger partial charge in [-0.15, -0.1) is 0 Å². The molecule has 1 unspecified atom stereocenters. The summed E-state index contributed by atoms with van der Waals surface area (Å²) in [5.41, 5.74) is 2.81. The Balaban J connectivity index is 1.22. The van der Waals surface area contributed by atoms with E-state index in [1.807, 2.05) is 17.0 Å². The number of piperidine rings is 1. The van der Waals surface area contributed by atoms with Crippen LogP contribution in [0, 0.1) is 11.6 Å². The number of carbonyl (C=O) groups is 3. The first-order valence-corrected chi connectivity index (χ1v) is 11.1. The third kappa shape index (κ3) is 4.08. The van der Waals surface area contributed by atoms with Crippen LogP contribution in [0.3, 0.4) is 0 Å². The first-order valence-electron chi connectivity index (χ1n) is 11.1. The first-order chi connectivity index (χ1) is 15.9. The second-order valence-corrected chi connectivity index (χ2v) is 8.73. The SMILES string of the molecule is O=C1CCC(N2Cc3cc(CN4CCN(c5cccc(F)c5F)CC4)ccc3C2=O)C(=O)N1. The molecule has 7 nitrogen and oxygen atoms in total. The first kappa shape index (κ1) is 21.5. The Hall–Kier alpha value is -3.33. The van der Waals surface area contributed by atoms with E-state index in [4.69, 9.17) is 0 Å². The standard InChI is InChI=1S/C24H24F2N4O3/c25-18-2-1-3-19(22(18)26)29-10-8-28(9-11-29)13-15-4-5-17-16(12-15)14-30(24(17)33)20-6-7-21(31)27-23(20)32/h1-5,12,20H,6-11,13-14H2,(H,27,31,32). The summed E-state index contributed by atoms with van der Waals surface area (Å²) in [4.78, 5) is 42.1. The summed E-state index contributed by atoms with van der Waals surface area (Å²) >= 11 is 0. The van der Waals surface area contributed by atoms with Gasteiger partial charge >= 0.3 is 0 Å². The number of fused-ring (bicyclic) bond motifs is 1. The minimum atomic E-state index is -0.839. The van der Waals surface area contributed by atoms with Crippen LogP contribution in [-0.2, 0) is 22.7 Å². The summed E-state index contributed by atoms with van der Waals surface area (Å²) in [6.45, 7) is 3.61. The number of hydrogen-bond acceptors (Lipinski definition) is 5. The van der Waals surface area contributed by atoms with Crippen molar-refractivity contribution in [3.63, 3.8) is 0 Å². The second kappa shape index (κ2) is 8.55. The Morgan fingerprint density at radius 2 is 1.79 bits per heavy atom. The van der Waals surface area contributed by atoms with Crippen molar-refractivity contribution >= 4 is 23.4 Å². The van der Waals surface area contributed by atoms with Crippen molar-refractivity contribution in [2.24, 2.45) is 0 Å². The Bertz CT molecular complexity index is 1130. The Morgan fingerprint density at radius 3 is 2.55 bits per heavy atom. The van der Waals surface area contributed by atoms with Crippen LogP contribution in [0.4, 0.5) is 14.5 Å². The topological polar surface area (TPSA) is 73.0 Å². The van der Waals surface area contributed by atoms with Crippen molar-refractivity contribution in [3.8, 4) is 0 Å². The molecular formula is C24H24F2N4O3. The molecule has 0 spiro atoms. The maximum atomic E-state index is 14.1. The zero-order chi connectivity index (χ0) is 23.1. The van der Waals surface area contributed by atoms with Crippen LogP contribution in [0.2, 0.25) is 0 Å². The highest BCUT2D eigenvalue weighted by molar-refractivity contribution is 6.05. The lowest BCUT2D eigenvalue weighted by atomic mass is 10.0. The molecular weight excluding hydrogens is 430 g/mol. The lowest BCUT2D eigenvalue weighted by Crippen LogP contribution is -2.52. The molecule has 0 saturated carbocycles. The van der Waals surface area contributed by atoms with E-state index in [9.17, 15) is 23.2 Å². The quantitative estimate of drug-likeness (QED) is 0.716. The van der Waals surface area contributed by atoms with Crippen LogP contribution >= 0.6 is 0 Å². The maximum Gasteiger partial charge on any atom is 0.255 e. The molecule has 0 bridgehead atoms. The summed E-state index contributed by atoms with van der Waals surface area (Å²) in [6.07, 6.45) is 0.570. The number of hydrogen-bond donors (Lipinski definition) is 1. The normalized spacial score (nSPS) is 21.4. The number of carbonyl (C=O) groups excluding carboxylic acids is 3. The molecule has 0 aromatic heterocycles. The number of anilines is 1. The molecule has 3 aliphatic heterocycles. The van der Waals surface area contributed by atoms with Gasteiger partial charge in [0, 0.05) is 51.3 Å². The number of nitrogens with one attached hydrogen (secondary N) is 1. The number of piperazine rings is 1. The number of nitrogens with zero attached hydrogens (tertiary/aromatic N) is 3. The smallest absolute Gasteiger partial charge is 0.255 e. The van der Waals surface area contributed by atoms with E-state index in [0.717, 1.165) is 17.2 Å². The lowest BCUT2D eigenvalue weighted by Gasteiger charge is -2.36. The second-order valence-electron chi connectivity index (χ2n) is 8.73.